The van der Waals surface area contributed by atoms with Crippen molar-refractivity contribution in [1.82, 2.24) is 4.57 Å². The van der Waals surface area contributed by atoms with Gasteiger partial charge in [0.15, 0.2) is 5.78 Å². The van der Waals surface area contributed by atoms with Crippen molar-refractivity contribution >= 4 is 50.3 Å². The Morgan fingerprint density at radius 1 is 1.50 bits per heavy atom. The Kier molecular flexibility index (Phi) is 4.36. The van der Waals surface area contributed by atoms with E-state index < -0.39 is 10.5 Å². The van der Waals surface area contributed by atoms with E-state index in [0.717, 1.165) is 28.2 Å². The summed E-state index contributed by atoms with van der Waals surface area (Å²) >= 11 is 9.77. The van der Waals surface area contributed by atoms with E-state index in [9.17, 15) is 19.7 Å². The normalized spacial score (nSPS) is 10.5. The predicted octanol–water partition coefficient (Wildman–Crippen LogP) is 3.12. The van der Waals surface area contributed by atoms with Gasteiger partial charge in [-0.15, -0.1) is 11.3 Å². The summed E-state index contributed by atoms with van der Waals surface area (Å²) in [5.74, 6) is -0.337. The van der Waals surface area contributed by atoms with E-state index in [1.165, 1.54) is 0 Å². The van der Waals surface area contributed by atoms with Gasteiger partial charge >= 0.3 is 0 Å². The van der Waals surface area contributed by atoms with Gasteiger partial charge in [0, 0.05) is 6.07 Å². The van der Waals surface area contributed by atoms with Crippen LogP contribution in [0.15, 0.2) is 33.7 Å². The molecule has 0 aliphatic rings. The van der Waals surface area contributed by atoms with Gasteiger partial charge in [-0.05, 0) is 28.1 Å². The largest absolute Gasteiger partial charge is 0.300 e. The van der Waals surface area contributed by atoms with Crippen LogP contribution in [0.4, 0.5) is 5.69 Å². The third kappa shape index (κ3) is 3.14. The lowest BCUT2D eigenvalue weighted by atomic mass is 10.3. The minimum atomic E-state index is -0.632. The quantitative estimate of drug-likeness (QED) is 0.466. The van der Waals surface area contributed by atoms with Gasteiger partial charge < -0.3 is 0 Å². The molecular weight excluding hydrogens is 372 g/mol. The molecule has 0 aliphatic carbocycles. The van der Waals surface area contributed by atoms with Gasteiger partial charge in [-0.3, -0.25) is 24.3 Å². The lowest BCUT2D eigenvalue weighted by Gasteiger charge is -2.04. The molecule has 0 aliphatic heterocycles. The first kappa shape index (κ1) is 14.9. The predicted molar refractivity (Wildman–Crippen MR) is 78.7 cm³/mol. The zero-order valence-corrected chi connectivity index (χ0v) is 12.9. The summed E-state index contributed by atoms with van der Waals surface area (Å²) in [6.07, 6.45) is 1.04. The average Bonchev–Trinajstić information content (AvgIpc) is 2.81. The lowest BCUT2D eigenvalue weighted by Crippen LogP contribution is -2.24. The van der Waals surface area contributed by atoms with Gasteiger partial charge in [-0.2, -0.15) is 0 Å². The van der Waals surface area contributed by atoms with Crippen molar-refractivity contribution in [2.24, 2.45) is 0 Å². The van der Waals surface area contributed by atoms with Crippen molar-refractivity contribution in [3.05, 3.63) is 58.6 Å². The topological polar surface area (TPSA) is 82.2 Å². The Bertz CT molecular complexity index is 755. The highest BCUT2D eigenvalue weighted by molar-refractivity contribution is 9.10. The number of nitrogens with zero attached hydrogens (tertiary/aromatic N) is 2. The minimum absolute atomic E-state index is 0.0312. The monoisotopic (exact) mass is 376 g/mol. The summed E-state index contributed by atoms with van der Waals surface area (Å²) in [5.41, 5.74) is -0.778. The van der Waals surface area contributed by atoms with E-state index in [1.54, 1.807) is 12.1 Å². The first-order valence-electron chi connectivity index (χ1n) is 5.21. The zero-order chi connectivity index (χ0) is 14.9. The Balaban J connectivity index is 2.36. The molecule has 2 aromatic rings. The highest BCUT2D eigenvalue weighted by atomic mass is 79.9. The Morgan fingerprint density at radius 2 is 2.20 bits per heavy atom. The number of nitro groups is 1. The zero-order valence-electron chi connectivity index (χ0n) is 9.71. The molecule has 0 atom stereocenters. The third-order valence-corrected chi connectivity index (χ3v) is 4.24. The number of carbonyl (C=O) groups is 1. The molecule has 0 saturated carbocycles. The minimum Gasteiger partial charge on any atom is -0.300 e. The number of pyridine rings is 1. The second kappa shape index (κ2) is 5.86. The van der Waals surface area contributed by atoms with Crippen molar-refractivity contribution < 1.29 is 9.72 Å². The molecule has 6 nitrogen and oxygen atoms in total. The van der Waals surface area contributed by atoms with E-state index in [4.69, 9.17) is 11.6 Å². The molecular formula is C11H6BrClN2O4S. The lowest BCUT2D eigenvalue weighted by molar-refractivity contribution is -0.385. The molecule has 0 radical (unpaired) electrons. The number of thiophene rings is 1. The highest BCUT2D eigenvalue weighted by Gasteiger charge is 2.16. The molecule has 2 rings (SSSR count). The van der Waals surface area contributed by atoms with Crippen LogP contribution in [0.2, 0.25) is 4.34 Å². The summed E-state index contributed by atoms with van der Waals surface area (Å²) in [6.45, 7) is -0.282. The van der Waals surface area contributed by atoms with Crippen molar-refractivity contribution in [2.45, 2.75) is 6.54 Å². The van der Waals surface area contributed by atoms with E-state index in [1.807, 2.05) is 0 Å². The third-order valence-electron chi connectivity index (χ3n) is 2.40. The van der Waals surface area contributed by atoms with E-state index in [-0.39, 0.29) is 22.5 Å². The maximum atomic E-state index is 12.0. The van der Waals surface area contributed by atoms with Crippen LogP contribution >= 0.6 is 38.9 Å². The van der Waals surface area contributed by atoms with E-state index >= 15 is 0 Å². The molecule has 104 valence electrons. The second-order valence-corrected chi connectivity index (χ2v) is 6.33. The summed E-state index contributed by atoms with van der Waals surface area (Å²) in [6, 6.07) is 4.23. The smallest absolute Gasteiger partial charge is 0.286 e. The van der Waals surface area contributed by atoms with Gasteiger partial charge in [0.1, 0.15) is 0 Å². The molecule has 0 amide bonds. The molecule has 2 aromatic heterocycles. The second-order valence-electron chi connectivity index (χ2n) is 3.76. The number of Topliss-reactive ketones (excluding diaryl/α,β-unsaturated/α-hetero) is 1. The molecule has 0 bridgehead atoms. The van der Waals surface area contributed by atoms with Gasteiger partial charge in [0.25, 0.3) is 11.2 Å². The number of aromatic nitrogens is 1. The van der Waals surface area contributed by atoms with Gasteiger partial charge in [0.05, 0.1) is 31.4 Å². The molecule has 0 fully saturated rings. The SMILES string of the molecule is O=C(Cn1cc([N+](=O)[O-])cc(Br)c1=O)c1ccc(Cl)s1. The number of carbonyl (C=O) groups excluding carboxylic acids is 1. The van der Waals surface area contributed by atoms with Crippen LogP contribution in [0, 0.1) is 10.1 Å². The van der Waals surface area contributed by atoms with Crippen LogP contribution in [0.1, 0.15) is 9.67 Å². The Morgan fingerprint density at radius 3 is 2.75 bits per heavy atom. The van der Waals surface area contributed by atoms with Crippen molar-refractivity contribution in [1.29, 1.82) is 0 Å². The van der Waals surface area contributed by atoms with Crippen LogP contribution in [-0.2, 0) is 6.54 Å². The van der Waals surface area contributed by atoms with E-state index in [0.29, 0.717) is 9.21 Å². The Labute approximate surface area is 129 Å². The Hall–Kier alpha value is -1.51. The summed E-state index contributed by atoms with van der Waals surface area (Å²) in [5, 5.41) is 10.7. The molecule has 0 aromatic carbocycles. The number of hydrogen-bond acceptors (Lipinski definition) is 5. The van der Waals surface area contributed by atoms with Gasteiger partial charge in [-0.25, -0.2) is 0 Å². The van der Waals surface area contributed by atoms with Crippen LogP contribution < -0.4 is 5.56 Å². The fourth-order valence-electron chi connectivity index (χ4n) is 1.50. The summed E-state index contributed by atoms with van der Waals surface area (Å²) < 4.78 is 1.49. The van der Waals surface area contributed by atoms with Crippen LogP contribution in [0.3, 0.4) is 0 Å². The summed E-state index contributed by atoms with van der Waals surface area (Å²) in [4.78, 5) is 34.3. The molecule has 2 heterocycles. The standard InChI is InChI=1S/C11H6BrClN2O4S/c12-7-3-6(15(18)19)4-14(11(7)17)5-8(16)9-1-2-10(13)20-9/h1-4H,5H2. The maximum absolute atomic E-state index is 12.0. The number of rotatable bonds is 4. The first-order valence-corrected chi connectivity index (χ1v) is 7.20. The average molecular weight is 378 g/mol. The van der Waals surface area contributed by atoms with Crippen molar-refractivity contribution in [3.63, 3.8) is 0 Å². The van der Waals surface area contributed by atoms with Crippen LogP contribution in [0.5, 0.6) is 0 Å². The van der Waals surface area contributed by atoms with Crippen LogP contribution in [0.25, 0.3) is 0 Å². The van der Waals surface area contributed by atoms with E-state index in [2.05, 4.69) is 15.9 Å². The molecule has 9 heteroatoms. The summed E-state index contributed by atoms with van der Waals surface area (Å²) in [7, 11) is 0. The fraction of sp³-hybridized carbons (Fsp3) is 0.0909. The van der Waals surface area contributed by atoms with Crippen molar-refractivity contribution in [2.75, 3.05) is 0 Å². The molecule has 0 unspecified atom stereocenters. The number of halogens is 2. The highest BCUT2D eigenvalue weighted by Crippen LogP contribution is 2.22. The maximum Gasteiger partial charge on any atom is 0.286 e. The van der Waals surface area contributed by atoms with Crippen molar-refractivity contribution in [3.8, 4) is 0 Å². The van der Waals surface area contributed by atoms with Crippen LogP contribution in [-0.4, -0.2) is 15.3 Å². The molecule has 20 heavy (non-hydrogen) atoms. The molecule has 0 N–H and O–H groups in total. The molecule has 0 saturated heterocycles. The fourth-order valence-corrected chi connectivity index (χ4v) is 2.93. The number of hydrogen-bond donors (Lipinski definition) is 0. The first-order chi connectivity index (χ1) is 9.38. The molecule has 0 spiro atoms. The van der Waals surface area contributed by atoms with Gasteiger partial charge in [0.2, 0.25) is 0 Å². The van der Waals surface area contributed by atoms with Gasteiger partial charge in [-0.1, -0.05) is 11.6 Å². The number of ketones is 1.